The highest BCUT2D eigenvalue weighted by atomic mass is 16.5. The maximum absolute atomic E-state index is 5.86. The minimum Gasteiger partial charge on any atom is -0.491 e. The van der Waals surface area contributed by atoms with Gasteiger partial charge in [-0.3, -0.25) is 0 Å². The van der Waals surface area contributed by atoms with Crippen molar-refractivity contribution in [2.45, 2.75) is 39.5 Å². The number of benzene rings is 2. The summed E-state index contributed by atoms with van der Waals surface area (Å²) in [6.45, 7) is 8.08. The van der Waals surface area contributed by atoms with Gasteiger partial charge in [-0.1, -0.05) is 48.5 Å². The average Bonchev–Trinajstić information content (AvgIpc) is 2.56. The molecule has 0 saturated heterocycles. The predicted octanol–water partition coefficient (Wildman–Crippen LogP) is 4.09. The van der Waals surface area contributed by atoms with E-state index >= 15 is 0 Å². The van der Waals surface area contributed by atoms with Crippen molar-refractivity contribution in [2.75, 3.05) is 20.1 Å². The van der Waals surface area contributed by atoms with E-state index in [1.54, 1.807) is 0 Å². The van der Waals surface area contributed by atoms with E-state index in [4.69, 9.17) is 4.74 Å². The van der Waals surface area contributed by atoms with E-state index in [9.17, 15) is 0 Å². The minimum atomic E-state index is 0.206. The fourth-order valence-electron chi connectivity index (χ4n) is 2.69. The van der Waals surface area contributed by atoms with Crippen LogP contribution in [0.1, 0.15) is 31.4 Å². The summed E-state index contributed by atoms with van der Waals surface area (Å²) in [4.78, 5) is 2.37. The maximum Gasteiger partial charge on any atom is 0.124 e. The molecule has 0 aromatic heterocycles. The lowest BCUT2D eigenvalue weighted by Crippen LogP contribution is -2.24. The molecule has 2 aromatic carbocycles. The van der Waals surface area contributed by atoms with Gasteiger partial charge in [0.2, 0.25) is 0 Å². The Morgan fingerprint density at radius 3 is 2.46 bits per heavy atom. The molecule has 130 valence electrons. The smallest absolute Gasteiger partial charge is 0.124 e. The molecule has 0 aliphatic heterocycles. The van der Waals surface area contributed by atoms with Gasteiger partial charge in [0.05, 0.1) is 6.10 Å². The van der Waals surface area contributed by atoms with Gasteiger partial charge in [0.1, 0.15) is 5.75 Å². The van der Waals surface area contributed by atoms with Crippen LogP contribution in [0.15, 0.2) is 54.6 Å². The molecular formula is C21H30N2O. The Morgan fingerprint density at radius 2 is 1.71 bits per heavy atom. The lowest BCUT2D eigenvalue weighted by molar-refractivity contribution is 0.239. The zero-order valence-electron chi connectivity index (χ0n) is 15.2. The van der Waals surface area contributed by atoms with Gasteiger partial charge < -0.3 is 15.0 Å². The molecule has 0 saturated carbocycles. The van der Waals surface area contributed by atoms with Crippen LogP contribution in [0.2, 0.25) is 0 Å². The van der Waals surface area contributed by atoms with Gasteiger partial charge in [0.25, 0.3) is 0 Å². The number of rotatable bonds is 10. The van der Waals surface area contributed by atoms with E-state index in [0.717, 1.165) is 38.3 Å². The Kier molecular flexibility index (Phi) is 7.80. The second-order valence-corrected chi connectivity index (χ2v) is 6.53. The van der Waals surface area contributed by atoms with E-state index in [1.165, 1.54) is 11.1 Å². The molecule has 1 N–H and O–H groups in total. The van der Waals surface area contributed by atoms with Gasteiger partial charge in [0.15, 0.2) is 0 Å². The Labute approximate surface area is 146 Å². The molecule has 0 bridgehead atoms. The Hall–Kier alpha value is -1.84. The van der Waals surface area contributed by atoms with Crippen molar-refractivity contribution in [1.29, 1.82) is 0 Å². The third kappa shape index (κ3) is 6.73. The first-order valence-electron chi connectivity index (χ1n) is 8.83. The number of para-hydroxylation sites is 1. The first kappa shape index (κ1) is 18.5. The summed E-state index contributed by atoms with van der Waals surface area (Å²) < 4.78 is 5.86. The van der Waals surface area contributed by atoms with Crippen molar-refractivity contribution < 1.29 is 4.74 Å². The predicted molar refractivity (Wildman–Crippen MR) is 101 cm³/mol. The third-order valence-corrected chi connectivity index (χ3v) is 3.84. The fourth-order valence-corrected chi connectivity index (χ4v) is 2.69. The zero-order valence-corrected chi connectivity index (χ0v) is 15.2. The number of hydrogen-bond acceptors (Lipinski definition) is 3. The molecule has 0 atom stereocenters. The van der Waals surface area contributed by atoms with Crippen LogP contribution in [0.5, 0.6) is 5.75 Å². The van der Waals surface area contributed by atoms with Crippen LogP contribution in [-0.4, -0.2) is 31.1 Å². The summed E-state index contributed by atoms with van der Waals surface area (Å²) in [5.74, 6) is 0.987. The van der Waals surface area contributed by atoms with Gasteiger partial charge in [-0.05, 0) is 52.0 Å². The summed E-state index contributed by atoms with van der Waals surface area (Å²) in [6.07, 6.45) is 1.34. The lowest BCUT2D eigenvalue weighted by atomic mass is 10.2. The van der Waals surface area contributed by atoms with Crippen molar-refractivity contribution in [3.63, 3.8) is 0 Å². The number of nitrogens with zero attached hydrogens (tertiary/aromatic N) is 1. The summed E-state index contributed by atoms with van der Waals surface area (Å²) in [6, 6.07) is 18.9. The van der Waals surface area contributed by atoms with Gasteiger partial charge in [0, 0.05) is 18.7 Å². The molecule has 2 rings (SSSR count). The van der Waals surface area contributed by atoms with Crippen LogP contribution in [0.3, 0.4) is 0 Å². The van der Waals surface area contributed by atoms with Gasteiger partial charge >= 0.3 is 0 Å². The van der Waals surface area contributed by atoms with E-state index in [-0.39, 0.29) is 6.10 Å². The second kappa shape index (κ2) is 10.1. The van der Waals surface area contributed by atoms with Crippen molar-refractivity contribution in [3.8, 4) is 5.75 Å². The van der Waals surface area contributed by atoms with E-state index < -0.39 is 0 Å². The Morgan fingerprint density at radius 1 is 1.00 bits per heavy atom. The zero-order chi connectivity index (χ0) is 17.2. The van der Waals surface area contributed by atoms with E-state index in [1.807, 2.05) is 12.1 Å². The Bertz CT molecular complexity index is 583. The summed E-state index contributed by atoms with van der Waals surface area (Å²) >= 11 is 0. The van der Waals surface area contributed by atoms with Crippen molar-refractivity contribution in [3.05, 3.63) is 65.7 Å². The largest absolute Gasteiger partial charge is 0.491 e. The Balaban J connectivity index is 1.66. The minimum absolute atomic E-state index is 0.206. The quantitative estimate of drug-likeness (QED) is 0.666. The molecule has 0 radical (unpaired) electrons. The van der Waals surface area contributed by atoms with Crippen LogP contribution in [0.4, 0.5) is 0 Å². The first-order chi connectivity index (χ1) is 11.6. The number of ether oxygens (including phenoxy) is 1. The summed E-state index contributed by atoms with van der Waals surface area (Å²) in [5, 5.41) is 3.53. The molecule has 0 spiro atoms. The van der Waals surface area contributed by atoms with E-state index in [0.29, 0.717) is 0 Å². The molecule has 0 fully saturated rings. The highest BCUT2D eigenvalue weighted by Crippen LogP contribution is 2.19. The fraction of sp³-hybridized carbons (Fsp3) is 0.429. The number of nitrogens with one attached hydrogen (secondary N) is 1. The van der Waals surface area contributed by atoms with Crippen LogP contribution >= 0.6 is 0 Å². The van der Waals surface area contributed by atoms with Crippen molar-refractivity contribution in [1.82, 2.24) is 10.2 Å². The van der Waals surface area contributed by atoms with Gasteiger partial charge in [-0.15, -0.1) is 0 Å². The van der Waals surface area contributed by atoms with Gasteiger partial charge in [-0.25, -0.2) is 0 Å². The molecule has 0 aliphatic rings. The normalized spacial score (nSPS) is 11.2. The topological polar surface area (TPSA) is 24.5 Å². The number of hydrogen-bond donors (Lipinski definition) is 1. The van der Waals surface area contributed by atoms with E-state index in [2.05, 4.69) is 73.6 Å². The van der Waals surface area contributed by atoms with Crippen molar-refractivity contribution in [2.24, 2.45) is 0 Å². The summed E-state index contributed by atoms with van der Waals surface area (Å²) in [7, 11) is 2.18. The molecule has 3 nitrogen and oxygen atoms in total. The SMILES string of the molecule is CC(C)Oc1ccccc1CNCCCN(C)Cc1ccccc1. The second-order valence-electron chi connectivity index (χ2n) is 6.53. The maximum atomic E-state index is 5.86. The van der Waals surface area contributed by atoms with Crippen LogP contribution in [-0.2, 0) is 13.1 Å². The van der Waals surface area contributed by atoms with Gasteiger partial charge in [-0.2, -0.15) is 0 Å². The highest BCUT2D eigenvalue weighted by molar-refractivity contribution is 5.33. The first-order valence-corrected chi connectivity index (χ1v) is 8.83. The molecule has 3 heteroatoms. The lowest BCUT2D eigenvalue weighted by Gasteiger charge is -2.17. The molecular weight excluding hydrogens is 296 g/mol. The average molecular weight is 326 g/mol. The van der Waals surface area contributed by atoms with Crippen LogP contribution < -0.4 is 10.1 Å². The van der Waals surface area contributed by atoms with Crippen LogP contribution in [0.25, 0.3) is 0 Å². The van der Waals surface area contributed by atoms with Crippen molar-refractivity contribution >= 4 is 0 Å². The highest BCUT2D eigenvalue weighted by Gasteiger charge is 2.05. The molecule has 0 aliphatic carbocycles. The summed E-state index contributed by atoms with van der Waals surface area (Å²) in [5.41, 5.74) is 2.59. The third-order valence-electron chi connectivity index (χ3n) is 3.84. The standard InChI is InChI=1S/C21H30N2O/c1-18(2)24-21-13-8-7-12-20(21)16-22-14-9-15-23(3)17-19-10-5-4-6-11-19/h4-8,10-13,18,22H,9,14-17H2,1-3H3. The monoisotopic (exact) mass is 326 g/mol. The van der Waals surface area contributed by atoms with Crippen LogP contribution in [0, 0.1) is 0 Å². The molecule has 0 unspecified atom stereocenters. The molecule has 0 heterocycles. The molecule has 24 heavy (non-hydrogen) atoms. The molecule has 2 aromatic rings. The molecule has 0 amide bonds.